The highest BCUT2D eigenvalue weighted by atomic mass is 16.5. The zero-order chi connectivity index (χ0) is 16.7. The van der Waals surface area contributed by atoms with Crippen molar-refractivity contribution in [2.24, 2.45) is 0 Å². The second-order valence-electron chi connectivity index (χ2n) is 5.48. The monoisotopic (exact) mass is 313 g/mol. The molecule has 0 fully saturated rings. The summed E-state index contributed by atoms with van der Waals surface area (Å²) in [7, 11) is 3.84. The molecular weight excluding hydrogens is 290 g/mol. The lowest BCUT2D eigenvalue weighted by Gasteiger charge is -2.12. The molecule has 1 N–H and O–H groups in total. The molecule has 2 rings (SSSR count). The van der Waals surface area contributed by atoms with Crippen molar-refractivity contribution in [1.29, 1.82) is 0 Å². The van der Waals surface area contributed by atoms with E-state index in [1.54, 1.807) is 18.3 Å². The number of pyridine rings is 1. The Kier molecular flexibility index (Phi) is 5.97. The Hall–Kier alpha value is -2.56. The first-order valence-electron chi connectivity index (χ1n) is 7.77. The quantitative estimate of drug-likeness (QED) is 0.794. The van der Waals surface area contributed by atoms with Crippen molar-refractivity contribution >= 4 is 17.4 Å². The van der Waals surface area contributed by atoms with Crippen LogP contribution in [0.2, 0.25) is 0 Å². The molecule has 1 amide bonds. The third-order valence-electron chi connectivity index (χ3n) is 3.35. The Bertz CT molecular complexity index is 622. The molecule has 0 atom stereocenters. The molecule has 0 spiro atoms. The summed E-state index contributed by atoms with van der Waals surface area (Å²) in [5.74, 6) is 1.47. The van der Waals surface area contributed by atoms with Crippen LogP contribution in [0.4, 0.5) is 11.5 Å². The number of nitrogens with one attached hydrogen (secondary N) is 1. The topological polar surface area (TPSA) is 54.5 Å². The smallest absolute Gasteiger partial charge is 0.255 e. The Morgan fingerprint density at radius 1 is 1.17 bits per heavy atom. The average molecular weight is 313 g/mol. The summed E-state index contributed by atoms with van der Waals surface area (Å²) in [6.45, 7) is 2.82. The van der Waals surface area contributed by atoms with Crippen molar-refractivity contribution in [2.45, 2.75) is 19.8 Å². The standard InChI is InChI=1S/C18H23N3O2/c1-4-5-12-23-16-9-6-14(7-10-16)18(22)20-15-8-11-17(19-13-15)21(2)3/h6-11,13H,4-5,12H2,1-3H3,(H,20,22). The fraction of sp³-hybridized carbons (Fsp3) is 0.333. The van der Waals surface area contributed by atoms with E-state index in [4.69, 9.17) is 4.74 Å². The number of carbonyl (C=O) groups is 1. The fourth-order valence-corrected chi connectivity index (χ4v) is 1.96. The number of ether oxygens (including phenoxy) is 1. The Balaban J connectivity index is 1.94. The largest absolute Gasteiger partial charge is 0.494 e. The van der Waals surface area contributed by atoms with Gasteiger partial charge in [-0.3, -0.25) is 4.79 Å². The van der Waals surface area contributed by atoms with Gasteiger partial charge in [-0.2, -0.15) is 0 Å². The molecule has 122 valence electrons. The van der Waals surface area contributed by atoms with Crippen molar-refractivity contribution in [2.75, 3.05) is 30.9 Å². The zero-order valence-electron chi connectivity index (χ0n) is 13.9. The maximum Gasteiger partial charge on any atom is 0.255 e. The van der Waals surface area contributed by atoms with E-state index in [9.17, 15) is 4.79 Å². The van der Waals surface area contributed by atoms with Crippen LogP contribution >= 0.6 is 0 Å². The van der Waals surface area contributed by atoms with Crippen LogP contribution in [0, 0.1) is 0 Å². The zero-order valence-corrected chi connectivity index (χ0v) is 13.9. The number of benzene rings is 1. The Morgan fingerprint density at radius 3 is 2.48 bits per heavy atom. The third kappa shape index (κ3) is 4.98. The van der Waals surface area contributed by atoms with E-state index in [-0.39, 0.29) is 5.91 Å². The van der Waals surface area contributed by atoms with Crippen LogP contribution in [0.1, 0.15) is 30.1 Å². The van der Waals surface area contributed by atoms with Gasteiger partial charge in [0.25, 0.3) is 5.91 Å². The maximum atomic E-state index is 12.2. The summed E-state index contributed by atoms with van der Waals surface area (Å²) in [5, 5.41) is 2.84. The number of anilines is 2. The van der Waals surface area contributed by atoms with Crippen LogP contribution in [0.3, 0.4) is 0 Å². The van der Waals surface area contributed by atoms with E-state index >= 15 is 0 Å². The van der Waals surface area contributed by atoms with E-state index < -0.39 is 0 Å². The SMILES string of the molecule is CCCCOc1ccc(C(=O)Nc2ccc(N(C)C)nc2)cc1. The molecule has 1 heterocycles. The van der Waals surface area contributed by atoms with Crippen molar-refractivity contribution in [1.82, 2.24) is 4.98 Å². The molecule has 0 saturated heterocycles. The van der Waals surface area contributed by atoms with Gasteiger partial charge in [0.05, 0.1) is 18.5 Å². The lowest BCUT2D eigenvalue weighted by atomic mass is 10.2. The summed E-state index contributed by atoms with van der Waals surface area (Å²) in [5.41, 5.74) is 1.26. The molecule has 0 aliphatic carbocycles. The molecule has 0 saturated carbocycles. The maximum absolute atomic E-state index is 12.2. The van der Waals surface area contributed by atoms with Crippen molar-refractivity contribution in [3.05, 3.63) is 48.2 Å². The van der Waals surface area contributed by atoms with Gasteiger partial charge < -0.3 is 15.0 Å². The van der Waals surface area contributed by atoms with Crippen molar-refractivity contribution in [3.8, 4) is 5.75 Å². The van der Waals surface area contributed by atoms with Gasteiger partial charge in [-0.05, 0) is 42.8 Å². The van der Waals surface area contributed by atoms with Crippen molar-refractivity contribution in [3.63, 3.8) is 0 Å². The van der Waals surface area contributed by atoms with E-state index in [1.165, 1.54) is 0 Å². The van der Waals surface area contributed by atoms with Gasteiger partial charge in [-0.25, -0.2) is 4.98 Å². The summed E-state index contributed by atoms with van der Waals surface area (Å²) in [6, 6.07) is 10.9. The Labute approximate surface area is 137 Å². The van der Waals surface area contributed by atoms with Gasteiger partial charge in [0.2, 0.25) is 0 Å². The molecule has 0 radical (unpaired) electrons. The number of hydrogen-bond donors (Lipinski definition) is 1. The summed E-state index contributed by atoms with van der Waals surface area (Å²) in [4.78, 5) is 18.4. The van der Waals surface area contributed by atoms with Crippen LogP contribution in [-0.4, -0.2) is 31.6 Å². The second kappa shape index (κ2) is 8.17. The van der Waals surface area contributed by atoms with Crippen LogP contribution in [0.5, 0.6) is 5.75 Å². The van der Waals surface area contributed by atoms with Gasteiger partial charge in [0, 0.05) is 19.7 Å². The first-order chi connectivity index (χ1) is 11.1. The van der Waals surface area contributed by atoms with Gasteiger partial charge >= 0.3 is 0 Å². The summed E-state index contributed by atoms with van der Waals surface area (Å²) >= 11 is 0. The van der Waals surface area contributed by atoms with Gasteiger partial charge in [0.15, 0.2) is 0 Å². The van der Waals surface area contributed by atoms with Gasteiger partial charge in [-0.1, -0.05) is 13.3 Å². The van der Waals surface area contributed by atoms with E-state index in [1.807, 2.05) is 43.3 Å². The molecule has 2 aromatic rings. The summed E-state index contributed by atoms with van der Waals surface area (Å²) < 4.78 is 5.59. The van der Waals surface area contributed by atoms with Gasteiger partial charge in [0.1, 0.15) is 11.6 Å². The molecule has 0 bridgehead atoms. The first-order valence-corrected chi connectivity index (χ1v) is 7.77. The molecule has 5 heteroatoms. The highest BCUT2D eigenvalue weighted by molar-refractivity contribution is 6.04. The number of carbonyl (C=O) groups excluding carboxylic acids is 1. The van der Waals surface area contributed by atoms with E-state index in [2.05, 4.69) is 17.2 Å². The fourth-order valence-electron chi connectivity index (χ4n) is 1.96. The van der Waals surface area contributed by atoms with Crippen LogP contribution in [0.15, 0.2) is 42.6 Å². The molecule has 5 nitrogen and oxygen atoms in total. The molecule has 0 aliphatic heterocycles. The molecular formula is C18H23N3O2. The minimum atomic E-state index is -0.162. The van der Waals surface area contributed by atoms with E-state index in [0.29, 0.717) is 17.9 Å². The predicted molar refractivity (Wildman–Crippen MR) is 93.4 cm³/mol. The first kappa shape index (κ1) is 16.8. The average Bonchev–Trinajstić information content (AvgIpc) is 2.56. The molecule has 1 aromatic heterocycles. The minimum absolute atomic E-state index is 0.162. The summed E-state index contributed by atoms with van der Waals surface area (Å²) in [6.07, 6.45) is 3.77. The highest BCUT2D eigenvalue weighted by Gasteiger charge is 2.07. The Morgan fingerprint density at radius 2 is 1.91 bits per heavy atom. The highest BCUT2D eigenvalue weighted by Crippen LogP contribution is 2.16. The molecule has 23 heavy (non-hydrogen) atoms. The number of unbranched alkanes of at least 4 members (excludes halogenated alkanes) is 1. The molecule has 0 unspecified atom stereocenters. The minimum Gasteiger partial charge on any atom is -0.494 e. The van der Waals surface area contributed by atoms with Crippen molar-refractivity contribution < 1.29 is 9.53 Å². The van der Waals surface area contributed by atoms with E-state index in [0.717, 1.165) is 24.4 Å². The lowest BCUT2D eigenvalue weighted by molar-refractivity contribution is 0.102. The van der Waals surface area contributed by atoms with Crippen LogP contribution in [0.25, 0.3) is 0 Å². The molecule has 0 aliphatic rings. The lowest BCUT2D eigenvalue weighted by Crippen LogP contribution is -2.13. The predicted octanol–water partition coefficient (Wildman–Crippen LogP) is 3.58. The normalized spacial score (nSPS) is 10.2. The number of aromatic nitrogens is 1. The second-order valence-corrected chi connectivity index (χ2v) is 5.48. The number of amides is 1. The number of rotatable bonds is 7. The van der Waals surface area contributed by atoms with Gasteiger partial charge in [-0.15, -0.1) is 0 Å². The molecule has 1 aromatic carbocycles. The number of nitrogens with zero attached hydrogens (tertiary/aromatic N) is 2. The van der Waals surface area contributed by atoms with Crippen LogP contribution < -0.4 is 15.0 Å². The number of hydrogen-bond acceptors (Lipinski definition) is 4. The van der Waals surface area contributed by atoms with Crippen LogP contribution in [-0.2, 0) is 0 Å². The third-order valence-corrected chi connectivity index (χ3v) is 3.35.